The number of esters is 3. The number of amides is 1. The average Bonchev–Trinajstić information content (AvgIpc) is 3.07. The minimum absolute atomic E-state index is 0.234. The molecule has 0 aliphatic carbocycles. The molecule has 1 unspecified atom stereocenters. The summed E-state index contributed by atoms with van der Waals surface area (Å²) in [6.45, 7) is 15.1. The first-order valence-corrected chi connectivity index (χ1v) is 12.0. The van der Waals surface area contributed by atoms with E-state index in [4.69, 9.17) is 24.7 Å². The first kappa shape index (κ1) is 29.4. The van der Waals surface area contributed by atoms with Crippen molar-refractivity contribution in [2.45, 2.75) is 93.3 Å². The normalized spacial score (nSPS) is 24.7. The Labute approximate surface area is 213 Å². The van der Waals surface area contributed by atoms with E-state index in [1.807, 2.05) is 0 Å². The summed E-state index contributed by atoms with van der Waals surface area (Å²) in [5.41, 5.74) is 3.33. The molecule has 2 heterocycles. The van der Waals surface area contributed by atoms with Gasteiger partial charge in [-0.2, -0.15) is 0 Å². The van der Waals surface area contributed by atoms with E-state index in [0.29, 0.717) is 12.0 Å². The molecule has 0 radical (unpaired) electrons. The molecule has 0 aromatic rings. The molecule has 0 bridgehead atoms. The van der Waals surface area contributed by atoms with Gasteiger partial charge >= 0.3 is 17.9 Å². The average molecular weight is 509 g/mol. The molecule has 0 aromatic heterocycles. The van der Waals surface area contributed by atoms with Crippen LogP contribution in [0.4, 0.5) is 0 Å². The number of hydrogen-bond donors (Lipinski definition) is 1. The second-order valence-electron chi connectivity index (χ2n) is 12.2. The molecule has 2 aliphatic heterocycles. The lowest BCUT2D eigenvalue weighted by Crippen LogP contribution is -2.47. The SMILES string of the molecule is CC(C)(C)C(=O)OCC1O[C@@H](N2C=CCC(C(N)=O)=C2)[C@H](OC(=O)C(C)(C)C)[C@@H]1OC(=O)C(C)(C)C. The summed E-state index contributed by atoms with van der Waals surface area (Å²) in [7, 11) is 0. The zero-order valence-corrected chi connectivity index (χ0v) is 22.7. The number of hydrogen-bond acceptors (Lipinski definition) is 9. The molecule has 10 heteroatoms. The monoisotopic (exact) mass is 508 g/mol. The molecule has 36 heavy (non-hydrogen) atoms. The lowest BCUT2D eigenvalue weighted by Gasteiger charge is -2.33. The quantitative estimate of drug-likeness (QED) is 0.424. The van der Waals surface area contributed by atoms with Crippen molar-refractivity contribution in [2.24, 2.45) is 22.0 Å². The van der Waals surface area contributed by atoms with E-state index in [1.165, 1.54) is 6.20 Å². The summed E-state index contributed by atoms with van der Waals surface area (Å²) < 4.78 is 23.4. The summed E-state index contributed by atoms with van der Waals surface area (Å²) in [5, 5.41) is 0. The maximum atomic E-state index is 12.9. The Hall–Kier alpha value is -2.88. The Morgan fingerprint density at radius 1 is 0.889 bits per heavy atom. The number of ether oxygens (including phenoxy) is 4. The lowest BCUT2D eigenvalue weighted by molar-refractivity contribution is -0.179. The van der Waals surface area contributed by atoms with Crippen molar-refractivity contribution in [2.75, 3.05) is 6.61 Å². The smallest absolute Gasteiger partial charge is 0.311 e. The van der Waals surface area contributed by atoms with E-state index in [1.54, 1.807) is 79.5 Å². The van der Waals surface area contributed by atoms with Crippen molar-refractivity contribution >= 4 is 23.8 Å². The topological polar surface area (TPSA) is 134 Å². The summed E-state index contributed by atoms with van der Waals surface area (Å²) in [6.07, 6.45) is 1.15. The highest BCUT2D eigenvalue weighted by Gasteiger charge is 2.53. The molecule has 4 atom stereocenters. The number of carbonyl (C=O) groups excluding carboxylic acids is 4. The highest BCUT2D eigenvalue weighted by atomic mass is 16.7. The van der Waals surface area contributed by atoms with Gasteiger partial charge in [0.05, 0.1) is 16.2 Å². The summed E-state index contributed by atoms with van der Waals surface area (Å²) in [5.74, 6) is -2.14. The molecule has 2 N–H and O–H groups in total. The first-order valence-electron chi connectivity index (χ1n) is 12.0. The zero-order chi connectivity index (χ0) is 27.6. The fourth-order valence-corrected chi connectivity index (χ4v) is 3.22. The minimum Gasteiger partial charge on any atom is -0.462 e. The van der Waals surface area contributed by atoms with Crippen molar-refractivity contribution in [3.8, 4) is 0 Å². The number of carbonyl (C=O) groups is 4. The van der Waals surface area contributed by atoms with Gasteiger partial charge in [0.1, 0.15) is 12.7 Å². The molecular weight excluding hydrogens is 468 g/mol. The molecule has 10 nitrogen and oxygen atoms in total. The van der Waals surface area contributed by atoms with Crippen LogP contribution in [0.2, 0.25) is 0 Å². The maximum absolute atomic E-state index is 12.9. The van der Waals surface area contributed by atoms with E-state index >= 15 is 0 Å². The van der Waals surface area contributed by atoms with Crippen LogP contribution in [0, 0.1) is 16.2 Å². The van der Waals surface area contributed by atoms with Crippen LogP contribution in [0.1, 0.15) is 68.7 Å². The van der Waals surface area contributed by atoms with Crippen molar-refractivity contribution in [3.05, 3.63) is 24.0 Å². The molecule has 0 spiro atoms. The number of nitrogens with zero attached hydrogens (tertiary/aromatic N) is 1. The van der Waals surface area contributed by atoms with Crippen molar-refractivity contribution in [1.82, 2.24) is 4.90 Å². The molecule has 2 rings (SSSR count). The molecule has 0 aromatic carbocycles. The standard InChI is InChI=1S/C26H40N2O8/c1-24(2,3)21(30)33-14-16-17(35-22(31)25(4,5)6)18(36-23(32)26(7,8)9)20(34-16)28-12-10-11-15(13-28)19(27)29/h10,12-13,16-18,20H,11,14H2,1-9H3,(H2,27,29)/t16?,17-,18-,20-/m1/s1. The third kappa shape index (κ3) is 7.32. The first-order chi connectivity index (χ1) is 16.3. The molecule has 1 saturated heterocycles. The Balaban J connectivity index is 2.48. The molecule has 202 valence electrons. The molecule has 1 fully saturated rings. The van der Waals surface area contributed by atoms with Gasteiger partial charge in [-0.3, -0.25) is 19.2 Å². The number of rotatable bonds is 6. The Morgan fingerprint density at radius 2 is 1.39 bits per heavy atom. The summed E-state index contributed by atoms with van der Waals surface area (Å²) in [6, 6.07) is 0. The van der Waals surface area contributed by atoms with E-state index < -0.39 is 64.6 Å². The Kier molecular flexibility index (Phi) is 8.66. The highest BCUT2D eigenvalue weighted by Crippen LogP contribution is 2.35. The number of primary amides is 1. The summed E-state index contributed by atoms with van der Waals surface area (Å²) >= 11 is 0. The van der Waals surface area contributed by atoms with Gasteiger partial charge in [-0.1, -0.05) is 6.08 Å². The summed E-state index contributed by atoms with van der Waals surface area (Å²) in [4.78, 5) is 51.6. The minimum atomic E-state index is -1.09. The second kappa shape index (κ2) is 10.6. The van der Waals surface area contributed by atoms with Crippen molar-refractivity contribution in [3.63, 3.8) is 0 Å². The van der Waals surface area contributed by atoms with Crippen LogP contribution < -0.4 is 5.73 Å². The number of allylic oxidation sites excluding steroid dienone is 1. The van der Waals surface area contributed by atoms with Crippen LogP contribution >= 0.6 is 0 Å². The molecular formula is C26H40N2O8. The van der Waals surface area contributed by atoms with Gasteiger partial charge in [0, 0.05) is 18.0 Å². The molecule has 1 amide bonds. The Bertz CT molecular complexity index is 933. The Morgan fingerprint density at radius 3 is 1.86 bits per heavy atom. The highest BCUT2D eigenvalue weighted by molar-refractivity contribution is 5.92. The van der Waals surface area contributed by atoms with Crippen molar-refractivity contribution < 1.29 is 38.1 Å². The van der Waals surface area contributed by atoms with Crippen LogP contribution in [0.25, 0.3) is 0 Å². The van der Waals surface area contributed by atoms with E-state index in [-0.39, 0.29) is 6.61 Å². The van der Waals surface area contributed by atoms with Crippen LogP contribution in [0.5, 0.6) is 0 Å². The van der Waals surface area contributed by atoms with Gasteiger partial charge in [0.15, 0.2) is 18.4 Å². The van der Waals surface area contributed by atoms with Gasteiger partial charge in [0.2, 0.25) is 5.91 Å². The van der Waals surface area contributed by atoms with E-state index in [0.717, 1.165) is 0 Å². The van der Waals surface area contributed by atoms with Crippen LogP contribution in [-0.2, 0) is 38.1 Å². The fraction of sp³-hybridized carbons (Fsp3) is 0.692. The predicted octanol–water partition coefficient (Wildman–Crippen LogP) is 2.81. The third-order valence-corrected chi connectivity index (χ3v) is 5.52. The van der Waals surface area contributed by atoms with E-state index in [2.05, 4.69) is 0 Å². The second-order valence-corrected chi connectivity index (χ2v) is 12.2. The van der Waals surface area contributed by atoms with Gasteiger partial charge in [-0.15, -0.1) is 0 Å². The number of nitrogens with two attached hydrogens (primary N) is 1. The van der Waals surface area contributed by atoms with Crippen molar-refractivity contribution in [1.29, 1.82) is 0 Å². The largest absolute Gasteiger partial charge is 0.462 e. The maximum Gasteiger partial charge on any atom is 0.311 e. The lowest BCUT2D eigenvalue weighted by atomic mass is 9.96. The molecule has 2 aliphatic rings. The van der Waals surface area contributed by atoms with Gasteiger partial charge in [-0.05, 0) is 68.7 Å². The molecule has 0 saturated carbocycles. The van der Waals surface area contributed by atoms with Gasteiger partial charge in [0.25, 0.3) is 0 Å². The zero-order valence-electron chi connectivity index (χ0n) is 22.7. The van der Waals surface area contributed by atoms with Gasteiger partial charge in [-0.25, -0.2) is 0 Å². The predicted molar refractivity (Wildman–Crippen MR) is 131 cm³/mol. The van der Waals surface area contributed by atoms with E-state index in [9.17, 15) is 19.2 Å². The van der Waals surface area contributed by atoms with Crippen LogP contribution in [0.15, 0.2) is 24.0 Å². The third-order valence-electron chi connectivity index (χ3n) is 5.52. The van der Waals surface area contributed by atoms with Crippen LogP contribution in [-0.4, -0.2) is 59.9 Å². The fourth-order valence-electron chi connectivity index (χ4n) is 3.22. The van der Waals surface area contributed by atoms with Gasteiger partial charge < -0.3 is 29.6 Å². The van der Waals surface area contributed by atoms with Crippen LogP contribution in [0.3, 0.4) is 0 Å².